The second kappa shape index (κ2) is 9.22. The van der Waals surface area contributed by atoms with Gasteiger partial charge in [0.25, 0.3) is 0 Å². The van der Waals surface area contributed by atoms with Crippen LogP contribution in [0.3, 0.4) is 0 Å². The van der Waals surface area contributed by atoms with E-state index in [0.29, 0.717) is 11.3 Å². The highest BCUT2D eigenvalue weighted by Gasteiger charge is 2.44. The van der Waals surface area contributed by atoms with Gasteiger partial charge in [0, 0.05) is 0 Å². The lowest BCUT2D eigenvalue weighted by Crippen LogP contribution is -2.31. The van der Waals surface area contributed by atoms with E-state index in [1.165, 1.54) is 23.0 Å². The molecular formula is C19H22ClFN5O6P. The molecule has 0 spiro atoms. The molecule has 11 nitrogen and oxygen atoms in total. The molecule has 0 amide bonds. The van der Waals surface area contributed by atoms with Gasteiger partial charge in [0.05, 0.1) is 24.6 Å². The highest BCUT2D eigenvalue weighted by atomic mass is 35.5. The van der Waals surface area contributed by atoms with Crippen molar-refractivity contribution in [3.05, 3.63) is 47.3 Å². The van der Waals surface area contributed by atoms with Crippen molar-refractivity contribution in [2.75, 3.05) is 11.5 Å². The molecule has 1 aliphatic rings. The highest BCUT2D eigenvalue weighted by molar-refractivity contribution is 7.51. The van der Waals surface area contributed by atoms with E-state index in [9.17, 15) is 19.2 Å². The number of fused-ring (bicyclic) bond motifs is 1. The lowest BCUT2D eigenvalue weighted by atomic mass is 10.1. The summed E-state index contributed by atoms with van der Waals surface area (Å²) in [6.45, 7) is 1.85. The fraction of sp³-hybridized carbons (Fsp3) is 0.421. The smallest absolute Gasteiger partial charge is 0.325 e. The number of hydrogen-bond donors (Lipinski definition) is 5. The molecule has 1 aromatic carbocycles. The minimum Gasteiger partial charge on any atom is -0.388 e. The first-order valence-electron chi connectivity index (χ1n) is 10.0. The number of anilines is 1. The molecule has 1 aliphatic heterocycles. The Labute approximate surface area is 192 Å². The Balaban J connectivity index is 1.61. The summed E-state index contributed by atoms with van der Waals surface area (Å²) in [5, 5.41) is 23.9. The summed E-state index contributed by atoms with van der Waals surface area (Å²) in [7, 11) is -4.30. The van der Waals surface area contributed by atoms with E-state index in [2.05, 4.69) is 20.3 Å². The number of benzene rings is 1. The number of rotatable bonds is 7. The minimum atomic E-state index is -4.30. The van der Waals surface area contributed by atoms with Crippen molar-refractivity contribution in [3.63, 3.8) is 0 Å². The SMILES string of the molecule is C[C@H](Nc1nc(Cl)nc2c1ncn2C1OC(CCP(=O)(O)O)C(O)C1O)c1ccc(F)cc1. The summed E-state index contributed by atoms with van der Waals surface area (Å²) in [5.41, 5.74) is 1.33. The van der Waals surface area contributed by atoms with Crippen molar-refractivity contribution in [2.45, 2.75) is 43.9 Å². The number of aliphatic hydroxyl groups excluding tert-OH is 2. The van der Waals surface area contributed by atoms with Gasteiger partial charge in [0.1, 0.15) is 18.0 Å². The Kier molecular flexibility index (Phi) is 6.70. The van der Waals surface area contributed by atoms with Crippen LogP contribution in [0.5, 0.6) is 0 Å². The van der Waals surface area contributed by atoms with Crippen LogP contribution in [0.1, 0.15) is 31.2 Å². The van der Waals surface area contributed by atoms with Crippen molar-refractivity contribution in [2.24, 2.45) is 0 Å². The first kappa shape index (κ1) is 24.0. The van der Waals surface area contributed by atoms with E-state index in [0.717, 1.165) is 5.56 Å². The lowest BCUT2D eigenvalue weighted by molar-refractivity contribution is -0.0355. The normalized spacial score (nSPS) is 24.3. The molecule has 1 fully saturated rings. The van der Waals surface area contributed by atoms with Gasteiger partial charge in [-0.3, -0.25) is 9.13 Å². The predicted molar refractivity (Wildman–Crippen MR) is 116 cm³/mol. The molecule has 178 valence electrons. The highest BCUT2D eigenvalue weighted by Crippen LogP contribution is 2.40. The molecule has 5 atom stereocenters. The fourth-order valence-electron chi connectivity index (χ4n) is 3.71. The maximum atomic E-state index is 13.2. The molecule has 2 aromatic heterocycles. The van der Waals surface area contributed by atoms with E-state index in [-0.39, 0.29) is 29.2 Å². The van der Waals surface area contributed by atoms with Gasteiger partial charge in [-0.15, -0.1) is 0 Å². The first-order valence-corrected chi connectivity index (χ1v) is 12.2. The van der Waals surface area contributed by atoms with Crippen molar-refractivity contribution in [1.29, 1.82) is 0 Å². The molecular weight excluding hydrogens is 480 g/mol. The van der Waals surface area contributed by atoms with E-state index in [4.69, 9.17) is 26.1 Å². The Morgan fingerprint density at radius 2 is 1.94 bits per heavy atom. The van der Waals surface area contributed by atoms with Crippen molar-refractivity contribution in [1.82, 2.24) is 19.5 Å². The van der Waals surface area contributed by atoms with E-state index in [1.807, 2.05) is 6.92 Å². The van der Waals surface area contributed by atoms with E-state index in [1.54, 1.807) is 12.1 Å². The predicted octanol–water partition coefficient (Wildman–Crippen LogP) is 1.98. The van der Waals surface area contributed by atoms with Crippen molar-refractivity contribution in [3.8, 4) is 0 Å². The zero-order valence-corrected chi connectivity index (χ0v) is 18.9. The molecule has 1 saturated heterocycles. The average Bonchev–Trinajstić information content (AvgIpc) is 3.27. The molecule has 0 saturated carbocycles. The molecule has 0 radical (unpaired) electrons. The summed E-state index contributed by atoms with van der Waals surface area (Å²) in [4.78, 5) is 30.8. The van der Waals surface area contributed by atoms with Crippen LogP contribution in [-0.2, 0) is 9.30 Å². The average molecular weight is 502 g/mol. The van der Waals surface area contributed by atoms with E-state index < -0.39 is 38.3 Å². The van der Waals surface area contributed by atoms with Crippen LogP contribution in [0.15, 0.2) is 30.6 Å². The van der Waals surface area contributed by atoms with Gasteiger partial charge in [-0.05, 0) is 42.6 Å². The van der Waals surface area contributed by atoms with Crippen molar-refractivity contribution >= 4 is 36.2 Å². The third kappa shape index (κ3) is 5.17. The van der Waals surface area contributed by atoms with Gasteiger partial charge in [0.2, 0.25) is 5.28 Å². The third-order valence-electron chi connectivity index (χ3n) is 5.43. The van der Waals surface area contributed by atoms with Crippen molar-refractivity contribution < 1.29 is 33.7 Å². The maximum absolute atomic E-state index is 13.2. The van der Waals surface area contributed by atoms with Crippen LogP contribution in [0.25, 0.3) is 11.2 Å². The number of ether oxygens (including phenoxy) is 1. The molecule has 5 N–H and O–H groups in total. The molecule has 3 heterocycles. The molecule has 4 unspecified atom stereocenters. The zero-order valence-electron chi connectivity index (χ0n) is 17.3. The second-order valence-corrected chi connectivity index (χ2v) is 9.92. The second-order valence-electron chi connectivity index (χ2n) is 7.81. The maximum Gasteiger partial charge on any atom is 0.325 e. The van der Waals surface area contributed by atoms with Crippen LogP contribution in [-0.4, -0.2) is 64.0 Å². The number of aromatic nitrogens is 4. The Bertz CT molecular complexity index is 1190. The molecule has 14 heteroatoms. The zero-order chi connectivity index (χ0) is 23.9. The van der Waals surface area contributed by atoms with Gasteiger partial charge in [-0.2, -0.15) is 9.97 Å². The van der Waals surface area contributed by atoms with Crippen LogP contribution in [0.2, 0.25) is 5.28 Å². The van der Waals surface area contributed by atoms with Gasteiger partial charge in [-0.1, -0.05) is 12.1 Å². The number of aliphatic hydroxyl groups is 2. The lowest BCUT2D eigenvalue weighted by Gasteiger charge is -2.18. The number of imidazole rings is 1. The Morgan fingerprint density at radius 1 is 1.24 bits per heavy atom. The van der Waals surface area contributed by atoms with Gasteiger partial charge in [-0.25, -0.2) is 9.37 Å². The number of hydrogen-bond acceptors (Lipinski definition) is 8. The summed E-state index contributed by atoms with van der Waals surface area (Å²) in [6.07, 6.45) is -4.18. The monoisotopic (exact) mass is 501 g/mol. The summed E-state index contributed by atoms with van der Waals surface area (Å²) in [5.74, 6) is -0.0553. The van der Waals surface area contributed by atoms with E-state index >= 15 is 0 Å². The van der Waals surface area contributed by atoms with Crippen LogP contribution in [0.4, 0.5) is 10.2 Å². The van der Waals surface area contributed by atoms with Gasteiger partial charge >= 0.3 is 7.60 Å². The van der Waals surface area contributed by atoms with Crippen LogP contribution < -0.4 is 5.32 Å². The standard InChI is InChI=1S/C19H22ClFN5O6P/c1-9(10-2-4-11(21)5-3-10)23-16-13-17(25-19(20)24-16)26(8-22-13)18-15(28)14(27)12(32-18)6-7-33(29,30)31/h2-5,8-9,12,14-15,18,27-28H,6-7H2,1H3,(H,23,24,25)(H2,29,30,31)/t9-,12?,14?,15?,18?/m0/s1. The molecule has 33 heavy (non-hydrogen) atoms. The third-order valence-corrected chi connectivity index (χ3v) is 6.44. The molecule has 4 rings (SSSR count). The molecule has 0 bridgehead atoms. The molecule has 3 aromatic rings. The molecule has 0 aliphatic carbocycles. The fourth-order valence-corrected chi connectivity index (χ4v) is 4.47. The van der Waals surface area contributed by atoms with Crippen LogP contribution >= 0.6 is 19.2 Å². The minimum absolute atomic E-state index is 0.107. The largest absolute Gasteiger partial charge is 0.388 e. The number of halogens is 2. The number of nitrogens with one attached hydrogen (secondary N) is 1. The summed E-state index contributed by atoms with van der Waals surface area (Å²) in [6, 6.07) is 5.67. The van der Waals surface area contributed by atoms with Crippen LogP contribution in [0, 0.1) is 5.82 Å². The summed E-state index contributed by atoms with van der Waals surface area (Å²) >= 11 is 6.11. The Morgan fingerprint density at radius 3 is 2.61 bits per heavy atom. The number of nitrogens with zero attached hydrogens (tertiary/aromatic N) is 4. The Hall–Kier alpha value is -2.18. The topological polar surface area (TPSA) is 163 Å². The summed E-state index contributed by atoms with van der Waals surface area (Å²) < 4.78 is 31.5. The van der Waals surface area contributed by atoms with Gasteiger partial charge in [0.15, 0.2) is 23.2 Å². The first-order chi connectivity index (χ1) is 15.5. The van der Waals surface area contributed by atoms with Gasteiger partial charge < -0.3 is 30.1 Å². The quantitative estimate of drug-likeness (QED) is 0.239.